The van der Waals surface area contributed by atoms with Crippen molar-refractivity contribution in [2.24, 2.45) is 0 Å². The van der Waals surface area contributed by atoms with Gasteiger partial charge in [0.1, 0.15) is 0 Å². The predicted octanol–water partition coefficient (Wildman–Crippen LogP) is 6.81. The van der Waals surface area contributed by atoms with Crippen LogP contribution in [-0.4, -0.2) is 0 Å². The molecule has 0 radical (unpaired) electrons. The molecule has 2 aliphatic carbocycles. The Morgan fingerprint density at radius 1 is 0.565 bits per heavy atom. The SMILES string of the molecule is Cc1ccc2c(c1)-c1ccc3c4c(ccc-2c14)-c1cc(C)sc1-3. The molecule has 0 saturated carbocycles. The topological polar surface area (TPSA) is 0 Å². The van der Waals surface area contributed by atoms with E-state index in [0.29, 0.717) is 0 Å². The molecule has 2 aliphatic rings. The zero-order chi connectivity index (χ0) is 15.3. The summed E-state index contributed by atoms with van der Waals surface area (Å²) in [5, 5.41) is 2.93. The molecule has 0 nitrogen and oxygen atoms in total. The average Bonchev–Trinajstić information content (AvgIpc) is 3.15. The third kappa shape index (κ3) is 1.29. The van der Waals surface area contributed by atoms with Crippen molar-refractivity contribution in [1.82, 2.24) is 0 Å². The molecular weight excluding hydrogens is 296 g/mol. The number of benzene rings is 3. The molecule has 0 fully saturated rings. The van der Waals surface area contributed by atoms with Crippen LogP contribution >= 0.6 is 11.3 Å². The van der Waals surface area contributed by atoms with E-state index in [-0.39, 0.29) is 0 Å². The fourth-order valence-corrected chi connectivity index (χ4v) is 5.45. The highest BCUT2D eigenvalue weighted by atomic mass is 32.1. The number of thiophene rings is 1. The summed E-state index contributed by atoms with van der Waals surface area (Å²) in [6, 6.07) is 18.5. The molecule has 0 bridgehead atoms. The molecule has 0 spiro atoms. The van der Waals surface area contributed by atoms with E-state index in [9.17, 15) is 0 Å². The van der Waals surface area contributed by atoms with Gasteiger partial charge in [0.05, 0.1) is 0 Å². The van der Waals surface area contributed by atoms with Crippen LogP contribution in [0.15, 0.2) is 48.5 Å². The second-order valence-corrected chi connectivity index (χ2v) is 7.98. The normalized spacial score (nSPS) is 12.8. The van der Waals surface area contributed by atoms with Crippen molar-refractivity contribution in [2.45, 2.75) is 13.8 Å². The van der Waals surface area contributed by atoms with Gasteiger partial charge in [0.25, 0.3) is 0 Å². The minimum Gasteiger partial charge on any atom is -0.140 e. The van der Waals surface area contributed by atoms with Crippen molar-refractivity contribution in [1.29, 1.82) is 0 Å². The predicted molar refractivity (Wildman–Crippen MR) is 100 cm³/mol. The molecule has 4 aromatic rings. The molecule has 3 aromatic carbocycles. The van der Waals surface area contributed by atoms with E-state index >= 15 is 0 Å². The van der Waals surface area contributed by atoms with Crippen molar-refractivity contribution in [3.05, 3.63) is 59.0 Å². The molecule has 0 N–H and O–H groups in total. The molecule has 6 rings (SSSR count). The first-order valence-electron chi connectivity index (χ1n) is 8.04. The number of hydrogen-bond acceptors (Lipinski definition) is 1. The molecule has 0 saturated heterocycles. The Balaban J connectivity index is 1.83. The van der Waals surface area contributed by atoms with Gasteiger partial charge in [-0.2, -0.15) is 0 Å². The highest BCUT2D eigenvalue weighted by molar-refractivity contribution is 7.16. The largest absolute Gasteiger partial charge is 0.140 e. The Bertz CT molecular complexity index is 1150. The van der Waals surface area contributed by atoms with Crippen molar-refractivity contribution in [3.63, 3.8) is 0 Å². The van der Waals surface area contributed by atoms with Crippen LogP contribution in [0.25, 0.3) is 54.6 Å². The van der Waals surface area contributed by atoms with Gasteiger partial charge in [-0.1, -0.05) is 48.0 Å². The smallest absolute Gasteiger partial charge is 0.0430 e. The molecule has 0 amide bonds. The van der Waals surface area contributed by atoms with Crippen molar-refractivity contribution >= 4 is 22.1 Å². The van der Waals surface area contributed by atoms with Crippen LogP contribution in [0.3, 0.4) is 0 Å². The molecule has 1 heterocycles. The van der Waals surface area contributed by atoms with Gasteiger partial charge in [0.2, 0.25) is 0 Å². The molecule has 0 aliphatic heterocycles. The zero-order valence-corrected chi connectivity index (χ0v) is 13.8. The van der Waals surface area contributed by atoms with Crippen LogP contribution in [-0.2, 0) is 0 Å². The van der Waals surface area contributed by atoms with Crippen molar-refractivity contribution in [2.75, 3.05) is 0 Å². The van der Waals surface area contributed by atoms with Crippen LogP contribution < -0.4 is 0 Å². The lowest BCUT2D eigenvalue weighted by Gasteiger charge is -2.06. The second kappa shape index (κ2) is 3.74. The second-order valence-electron chi connectivity index (χ2n) is 6.72. The molecule has 1 heteroatoms. The van der Waals surface area contributed by atoms with E-state index in [0.717, 1.165) is 0 Å². The van der Waals surface area contributed by atoms with Crippen molar-refractivity contribution in [3.8, 4) is 43.8 Å². The highest BCUT2D eigenvalue weighted by Crippen LogP contribution is 2.57. The minimum absolute atomic E-state index is 1.33. The first-order valence-corrected chi connectivity index (χ1v) is 8.86. The van der Waals surface area contributed by atoms with Gasteiger partial charge < -0.3 is 0 Å². The summed E-state index contributed by atoms with van der Waals surface area (Å²) in [4.78, 5) is 2.85. The summed E-state index contributed by atoms with van der Waals surface area (Å²) < 4.78 is 0. The summed E-state index contributed by atoms with van der Waals surface area (Å²) in [5.41, 5.74) is 11.2. The van der Waals surface area contributed by atoms with E-state index in [1.54, 1.807) is 0 Å². The van der Waals surface area contributed by atoms with Gasteiger partial charge in [-0.05, 0) is 58.5 Å². The molecule has 108 valence electrons. The third-order valence-electron chi connectivity index (χ3n) is 5.31. The molecule has 23 heavy (non-hydrogen) atoms. The summed E-state index contributed by atoms with van der Waals surface area (Å²) in [5.74, 6) is 0. The fraction of sp³-hybridized carbons (Fsp3) is 0.0909. The van der Waals surface area contributed by atoms with E-state index in [1.807, 2.05) is 11.3 Å². The lowest BCUT2D eigenvalue weighted by Crippen LogP contribution is -1.79. The Kier molecular flexibility index (Phi) is 1.97. The summed E-state index contributed by atoms with van der Waals surface area (Å²) in [7, 11) is 0. The van der Waals surface area contributed by atoms with Crippen molar-refractivity contribution < 1.29 is 0 Å². The van der Waals surface area contributed by atoms with Gasteiger partial charge in [0.15, 0.2) is 0 Å². The Morgan fingerprint density at radius 2 is 1.17 bits per heavy atom. The van der Waals surface area contributed by atoms with Gasteiger partial charge >= 0.3 is 0 Å². The standard InChI is InChI=1S/C22H14S/c1-11-3-4-13-14-5-6-16-19-10-12(2)23-22(19)17-8-7-15(18(13)9-11)20(14)21(16)17/h3-10H,1-2H3. The number of rotatable bonds is 0. The van der Waals surface area contributed by atoms with Crippen LogP contribution in [0.2, 0.25) is 0 Å². The maximum atomic E-state index is 2.35. The number of hydrogen-bond donors (Lipinski definition) is 0. The van der Waals surface area contributed by atoms with Crippen LogP contribution in [0.1, 0.15) is 10.4 Å². The van der Waals surface area contributed by atoms with Gasteiger partial charge in [-0.15, -0.1) is 11.3 Å². The Morgan fingerprint density at radius 3 is 2.00 bits per heavy atom. The average molecular weight is 310 g/mol. The van der Waals surface area contributed by atoms with E-state index in [1.165, 1.54) is 65.0 Å². The van der Waals surface area contributed by atoms with Crippen LogP contribution in [0.4, 0.5) is 0 Å². The fourth-order valence-electron chi connectivity index (χ4n) is 4.39. The Labute approximate surface area is 139 Å². The highest BCUT2D eigenvalue weighted by Gasteiger charge is 2.29. The lowest BCUT2D eigenvalue weighted by atomic mass is 9.97. The minimum atomic E-state index is 1.33. The summed E-state index contributed by atoms with van der Waals surface area (Å²) in [6.07, 6.45) is 0. The third-order valence-corrected chi connectivity index (χ3v) is 6.39. The Hall–Kier alpha value is -2.38. The quantitative estimate of drug-likeness (QED) is 0.289. The van der Waals surface area contributed by atoms with Gasteiger partial charge in [-0.25, -0.2) is 0 Å². The maximum absolute atomic E-state index is 2.35. The van der Waals surface area contributed by atoms with E-state index in [4.69, 9.17) is 0 Å². The van der Waals surface area contributed by atoms with Crippen LogP contribution in [0.5, 0.6) is 0 Å². The van der Waals surface area contributed by atoms with E-state index in [2.05, 4.69) is 62.4 Å². The van der Waals surface area contributed by atoms with Gasteiger partial charge in [-0.3, -0.25) is 0 Å². The monoisotopic (exact) mass is 310 g/mol. The van der Waals surface area contributed by atoms with Crippen LogP contribution in [0, 0.1) is 13.8 Å². The summed E-state index contributed by atoms with van der Waals surface area (Å²) in [6.45, 7) is 4.39. The lowest BCUT2D eigenvalue weighted by molar-refractivity contribution is 1.48. The first-order chi connectivity index (χ1) is 11.2. The molecule has 1 aromatic heterocycles. The van der Waals surface area contributed by atoms with E-state index < -0.39 is 0 Å². The molecular formula is C22H14S. The number of fused-ring (bicyclic) bond motifs is 6. The molecule has 0 unspecified atom stereocenters. The zero-order valence-electron chi connectivity index (χ0n) is 13.0. The maximum Gasteiger partial charge on any atom is 0.0430 e. The first kappa shape index (κ1) is 12.1. The molecule has 0 atom stereocenters. The number of aryl methyl sites for hydroxylation is 2. The van der Waals surface area contributed by atoms with Gasteiger partial charge in [0, 0.05) is 20.9 Å². The summed E-state index contributed by atoms with van der Waals surface area (Å²) >= 11 is 1.92.